The van der Waals surface area contributed by atoms with Crippen LogP contribution in [0.1, 0.15) is 111 Å². The number of unbranched alkanes of at least 4 members (excludes halogenated alkanes) is 5. The third kappa shape index (κ3) is 4.56. The summed E-state index contributed by atoms with van der Waals surface area (Å²) in [7, 11) is 0. The van der Waals surface area contributed by atoms with Crippen LogP contribution >= 0.6 is 0 Å². The van der Waals surface area contributed by atoms with E-state index in [1.165, 1.54) is 31.7 Å². The van der Waals surface area contributed by atoms with Gasteiger partial charge < -0.3 is 9.84 Å². The first kappa shape index (κ1) is 29.0. The molecule has 3 atom stereocenters. The van der Waals surface area contributed by atoms with Crippen molar-refractivity contribution in [2.24, 2.45) is 22.7 Å². The molecule has 41 heavy (non-hydrogen) atoms. The van der Waals surface area contributed by atoms with Crippen LogP contribution in [-0.2, 0) is 0 Å². The lowest BCUT2D eigenvalue weighted by atomic mass is 9.70. The number of hydrogen-bond donors (Lipinski definition) is 1. The summed E-state index contributed by atoms with van der Waals surface area (Å²) in [6.45, 7) is 11.0. The monoisotopic (exact) mass is 555 g/mol. The lowest BCUT2D eigenvalue weighted by Crippen LogP contribution is -2.35. The second kappa shape index (κ2) is 11.0. The molecule has 6 nitrogen and oxygen atoms in total. The van der Waals surface area contributed by atoms with Gasteiger partial charge >= 0.3 is 5.97 Å². The Morgan fingerprint density at radius 3 is 2.39 bits per heavy atom. The Hall–Kier alpha value is -3.54. The van der Waals surface area contributed by atoms with Gasteiger partial charge in [0, 0.05) is 22.4 Å². The van der Waals surface area contributed by atoms with E-state index in [0.29, 0.717) is 45.5 Å². The van der Waals surface area contributed by atoms with Gasteiger partial charge in [-0.05, 0) is 53.1 Å². The Morgan fingerprint density at radius 1 is 0.976 bits per heavy atom. The molecule has 1 N–H and O–H groups in total. The summed E-state index contributed by atoms with van der Waals surface area (Å²) in [5, 5.41) is 10.6. The average Bonchev–Trinajstić information content (AvgIpc) is 3.51. The Balaban J connectivity index is 1.59. The SMILES string of the molecule is CCCCCCCCOc1ccc2nc(C(=O)O)cc(-c3cccc4c3C(=O)C3(C(C)CC)C(C4=O)C3(C)C)c2c1. The topological polar surface area (TPSA) is 93.6 Å². The predicted octanol–water partition coefficient (Wildman–Crippen LogP) is 8.41. The van der Waals surface area contributed by atoms with Crippen molar-refractivity contribution in [3.8, 4) is 16.9 Å². The van der Waals surface area contributed by atoms with Gasteiger partial charge in [0.25, 0.3) is 0 Å². The summed E-state index contributed by atoms with van der Waals surface area (Å²) >= 11 is 0. The maximum atomic E-state index is 14.5. The highest BCUT2D eigenvalue weighted by Crippen LogP contribution is 2.76. The molecular formula is C35H41NO5. The average molecular weight is 556 g/mol. The van der Waals surface area contributed by atoms with Crippen LogP contribution in [0.4, 0.5) is 0 Å². The lowest BCUT2D eigenvalue weighted by molar-refractivity contribution is 0.0690. The summed E-state index contributed by atoms with van der Waals surface area (Å²) in [6.07, 6.45) is 7.78. The third-order valence-corrected chi connectivity index (χ3v) is 9.80. The number of hydrogen-bond acceptors (Lipinski definition) is 5. The molecule has 0 bridgehead atoms. The summed E-state index contributed by atoms with van der Waals surface area (Å²) in [5.41, 5.74) is 1.17. The van der Waals surface area contributed by atoms with E-state index in [9.17, 15) is 19.5 Å². The number of carbonyl (C=O) groups is 3. The summed E-state index contributed by atoms with van der Waals surface area (Å²) in [4.78, 5) is 44.9. The molecule has 5 rings (SSSR count). The van der Waals surface area contributed by atoms with Crippen LogP contribution in [0.5, 0.6) is 5.75 Å². The summed E-state index contributed by atoms with van der Waals surface area (Å²) in [6, 6.07) is 12.3. The molecule has 3 unspecified atom stereocenters. The van der Waals surface area contributed by atoms with Gasteiger partial charge in [0.2, 0.25) is 0 Å². The fourth-order valence-electron chi connectivity index (χ4n) is 7.51. The first-order valence-corrected chi connectivity index (χ1v) is 15.1. The quantitative estimate of drug-likeness (QED) is 0.226. The third-order valence-electron chi connectivity index (χ3n) is 9.80. The van der Waals surface area contributed by atoms with Crippen molar-refractivity contribution in [1.29, 1.82) is 0 Å². The molecule has 0 saturated heterocycles. The van der Waals surface area contributed by atoms with Crippen molar-refractivity contribution >= 4 is 28.4 Å². The van der Waals surface area contributed by atoms with Gasteiger partial charge in [-0.3, -0.25) is 9.59 Å². The fraction of sp³-hybridized carbons (Fsp3) is 0.486. The van der Waals surface area contributed by atoms with Gasteiger partial charge in [0.1, 0.15) is 11.4 Å². The summed E-state index contributed by atoms with van der Waals surface area (Å²) in [5.74, 6) is -0.792. The lowest BCUT2D eigenvalue weighted by Gasteiger charge is -2.30. The minimum absolute atomic E-state index is 0.00605. The minimum atomic E-state index is -1.15. The Labute approximate surface area is 242 Å². The van der Waals surface area contributed by atoms with Crippen molar-refractivity contribution in [1.82, 2.24) is 4.98 Å². The van der Waals surface area contributed by atoms with Crippen LogP contribution in [0.15, 0.2) is 42.5 Å². The van der Waals surface area contributed by atoms with Crippen LogP contribution in [-0.4, -0.2) is 34.2 Å². The van der Waals surface area contributed by atoms with Crippen LogP contribution in [0.2, 0.25) is 0 Å². The van der Waals surface area contributed by atoms with Crippen LogP contribution in [0.25, 0.3) is 22.0 Å². The molecule has 1 saturated carbocycles. The number of carbonyl (C=O) groups excluding carboxylic acids is 2. The number of Topliss-reactive ketones (excluding diaryl/α,β-unsaturated/α-hetero) is 2. The molecule has 2 aliphatic rings. The molecule has 0 amide bonds. The van der Waals surface area contributed by atoms with E-state index >= 15 is 0 Å². The van der Waals surface area contributed by atoms with Crippen LogP contribution in [0, 0.1) is 22.7 Å². The zero-order valence-electron chi connectivity index (χ0n) is 24.9. The number of benzene rings is 2. The number of ether oxygens (including phenoxy) is 1. The van der Waals surface area contributed by atoms with Crippen molar-refractivity contribution in [3.05, 3.63) is 59.3 Å². The number of ketones is 2. The van der Waals surface area contributed by atoms with E-state index in [-0.39, 0.29) is 29.1 Å². The standard InChI is InChI=1S/C35H41NO5/c1-6-8-9-10-11-12-18-41-22-16-17-27-26(19-22)25(20-28(36-27)33(39)40)23-14-13-15-24-29(23)32(38)35(21(3)7-2)31(30(24)37)34(35,4)5/h13-17,19-21,31H,6-12,18H2,1-5H3,(H,39,40). The molecular weight excluding hydrogens is 514 g/mol. The van der Waals surface area contributed by atoms with Gasteiger partial charge in [0.15, 0.2) is 11.6 Å². The number of aromatic carboxylic acids is 1. The van der Waals surface area contributed by atoms with Crippen LogP contribution < -0.4 is 4.74 Å². The first-order chi connectivity index (χ1) is 19.6. The van der Waals surface area contributed by atoms with E-state index in [4.69, 9.17) is 4.74 Å². The summed E-state index contributed by atoms with van der Waals surface area (Å²) < 4.78 is 6.09. The largest absolute Gasteiger partial charge is 0.494 e. The van der Waals surface area contributed by atoms with Gasteiger partial charge in [0.05, 0.1) is 17.5 Å². The van der Waals surface area contributed by atoms with Gasteiger partial charge in [-0.15, -0.1) is 0 Å². The molecule has 1 fully saturated rings. The predicted molar refractivity (Wildman–Crippen MR) is 161 cm³/mol. The highest BCUT2D eigenvalue weighted by molar-refractivity contribution is 6.25. The maximum Gasteiger partial charge on any atom is 0.354 e. The number of carboxylic acids is 1. The van der Waals surface area contributed by atoms with Crippen molar-refractivity contribution in [2.75, 3.05) is 6.61 Å². The first-order valence-electron chi connectivity index (χ1n) is 15.1. The van der Waals surface area contributed by atoms with E-state index in [1.54, 1.807) is 18.2 Å². The molecule has 1 heterocycles. The number of aromatic nitrogens is 1. The van der Waals surface area contributed by atoms with E-state index in [0.717, 1.165) is 19.3 Å². The smallest absolute Gasteiger partial charge is 0.354 e. The van der Waals surface area contributed by atoms with Gasteiger partial charge in [-0.2, -0.15) is 0 Å². The normalized spacial score (nSPS) is 21.3. The second-order valence-electron chi connectivity index (χ2n) is 12.4. The molecule has 0 radical (unpaired) electrons. The van der Waals surface area contributed by atoms with Crippen molar-refractivity contribution in [3.63, 3.8) is 0 Å². The number of fused-ring (bicyclic) bond motifs is 3. The molecule has 3 aromatic rings. The van der Waals surface area contributed by atoms with Gasteiger partial charge in [-0.1, -0.05) is 91.3 Å². The number of carboxylic acid groups (broad SMARTS) is 1. The van der Waals surface area contributed by atoms with Gasteiger partial charge in [-0.25, -0.2) is 9.78 Å². The zero-order valence-corrected chi connectivity index (χ0v) is 24.9. The van der Waals surface area contributed by atoms with E-state index in [1.807, 2.05) is 32.0 Å². The van der Waals surface area contributed by atoms with Crippen molar-refractivity contribution in [2.45, 2.75) is 79.6 Å². The fourth-order valence-corrected chi connectivity index (χ4v) is 7.51. The van der Waals surface area contributed by atoms with E-state index in [2.05, 4.69) is 25.8 Å². The molecule has 216 valence electrons. The van der Waals surface area contributed by atoms with Crippen LogP contribution in [0.3, 0.4) is 0 Å². The molecule has 6 heteroatoms. The highest BCUT2D eigenvalue weighted by Gasteiger charge is 2.80. The molecule has 2 aromatic carbocycles. The Kier molecular flexibility index (Phi) is 7.80. The van der Waals surface area contributed by atoms with Crippen molar-refractivity contribution < 1.29 is 24.2 Å². The molecule has 1 aromatic heterocycles. The second-order valence-corrected chi connectivity index (χ2v) is 12.4. The Morgan fingerprint density at radius 2 is 1.68 bits per heavy atom. The molecule has 2 aliphatic carbocycles. The Bertz CT molecular complexity index is 1520. The molecule has 0 aliphatic heterocycles. The number of nitrogens with zero attached hydrogens (tertiary/aromatic N) is 1. The highest BCUT2D eigenvalue weighted by atomic mass is 16.5. The van der Waals surface area contributed by atoms with E-state index < -0.39 is 16.8 Å². The minimum Gasteiger partial charge on any atom is -0.494 e. The molecule has 0 spiro atoms. The number of rotatable bonds is 12. The number of pyridine rings is 1. The zero-order chi connectivity index (χ0) is 29.5. The maximum absolute atomic E-state index is 14.5.